The van der Waals surface area contributed by atoms with Crippen LogP contribution >= 0.6 is 0 Å². The van der Waals surface area contributed by atoms with Gasteiger partial charge in [-0.05, 0) is 18.6 Å². The second-order valence-electron chi connectivity index (χ2n) is 6.00. The Balaban J connectivity index is 1.82. The number of benzene rings is 1. The van der Waals surface area contributed by atoms with E-state index in [4.69, 9.17) is 0 Å². The van der Waals surface area contributed by atoms with Crippen molar-refractivity contribution in [1.29, 1.82) is 0 Å². The van der Waals surface area contributed by atoms with Crippen molar-refractivity contribution in [2.24, 2.45) is 0 Å². The molecule has 0 saturated heterocycles. The first kappa shape index (κ1) is 17.5. The summed E-state index contributed by atoms with van der Waals surface area (Å²) in [4.78, 5) is 24.5. The van der Waals surface area contributed by atoms with E-state index < -0.39 is 5.83 Å². The van der Waals surface area contributed by atoms with Gasteiger partial charge in [0.05, 0.1) is 24.8 Å². The molecular weight excluding hydrogens is 333 g/mol. The first-order chi connectivity index (χ1) is 12.5. The maximum absolute atomic E-state index is 13.3. The summed E-state index contributed by atoms with van der Waals surface area (Å²) in [7, 11) is 0. The fraction of sp³-hybridized carbons (Fsp3) is 0.150. The maximum atomic E-state index is 13.3. The Labute approximate surface area is 150 Å². The zero-order chi connectivity index (χ0) is 18.7. The molecule has 3 rings (SSSR count). The predicted molar refractivity (Wildman–Crippen MR) is 97.7 cm³/mol. The van der Waals surface area contributed by atoms with Gasteiger partial charge < -0.3 is 4.57 Å². The van der Waals surface area contributed by atoms with Crippen LogP contribution in [0.4, 0.5) is 4.39 Å². The fourth-order valence-corrected chi connectivity index (χ4v) is 2.69. The molecule has 0 N–H and O–H groups in total. The molecule has 0 fully saturated rings. The summed E-state index contributed by atoms with van der Waals surface area (Å²) in [6, 6.07) is 12.4. The van der Waals surface area contributed by atoms with Crippen molar-refractivity contribution in [2.45, 2.75) is 20.0 Å². The number of halogens is 1. The highest BCUT2D eigenvalue weighted by Gasteiger charge is 2.16. The molecule has 26 heavy (non-hydrogen) atoms. The summed E-state index contributed by atoms with van der Waals surface area (Å²) in [5, 5.41) is 4.28. The molecule has 5 nitrogen and oxygen atoms in total. The molecule has 0 bridgehead atoms. The van der Waals surface area contributed by atoms with E-state index in [9.17, 15) is 14.0 Å². The highest BCUT2D eigenvalue weighted by Crippen LogP contribution is 2.13. The normalized spacial score (nSPS) is 10.7. The number of carbonyl (C=O) groups excluding carboxylic acids is 1. The Morgan fingerprint density at radius 1 is 1.19 bits per heavy atom. The Hall–Kier alpha value is -3.28. The van der Waals surface area contributed by atoms with Crippen molar-refractivity contribution in [2.75, 3.05) is 0 Å². The minimum atomic E-state index is -0.655. The molecule has 3 aromatic rings. The van der Waals surface area contributed by atoms with Crippen molar-refractivity contribution >= 4 is 11.6 Å². The van der Waals surface area contributed by atoms with Gasteiger partial charge in [-0.2, -0.15) is 5.10 Å². The Bertz CT molecular complexity index is 1020. The van der Waals surface area contributed by atoms with Crippen LogP contribution in [0.1, 0.15) is 27.2 Å². The minimum Gasteiger partial charge on any atom is -0.307 e. The van der Waals surface area contributed by atoms with Crippen LogP contribution in [-0.2, 0) is 13.1 Å². The number of aromatic nitrogens is 3. The molecule has 0 spiro atoms. The lowest BCUT2D eigenvalue weighted by atomic mass is 10.1. The highest BCUT2D eigenvalue weighted by atomic mass is 19.1. The lowest BCUT2D eigenvalue weighted by Gasteiger charge is -2.08. The van der Waals surface area contributed by atoms with E-state index in [1.165, 1.54) is 29.1 Å². The van der Waals surface area contributed by atoms with Gasteiger partial charge in [-0.25, -0.2) is 4.39 Å². The van der Waals surface area contributed by atoms with Crippen LogP contribution < -0.4 is 5.56 Å². The van der Waals surface area contributed by atoms with Crippen LogP contribution in [0.2, 0.25) is 0 Å². The molecule has 0 radical (unpaired) electrons. The summed E-state index contributed by atoms with van der Waals surface area (Å²) in [5.41, 5.74) is 2.03. The SMILES string of the molecule is C=C(F)c1ccc(=O)n(CC(=O)c2cnn(Cc3ccccc3)c2C)c1. The molecule has 0 atom stereocenters. The summed E-state index contributed by atoms with van der Waals surface area (Å²) >= 11 is 0. The van der Waals surface area contributed by atoms with E-state index in [1.807, 2.05) is 37.3 Å². The zero-order valence-electron chi connectivity index (χ0n) is 14.4. The van der Waals surface area contributed by atoms with Gasteiger partial charge in [0.1, 0.15) is 5.83 Å². The maximum Gasteiger partial charge on any atom is 0.250 e. The smallest absolute Gasteiger partial charge is 0.250 e. The van der Waals surface area contributed by atoms with E-state index in [-0.39, 0.29) is 23.5 Å². The molecule has 0 aliphatic rings. The molecule has 0 aliphatic carbocycles. The summed E-state index contributed by atoms with van der Waals surface area (Å²) in [5.74, 6) is -0.913. The minimum absolute atomic E-state index is 0.175. The first-order valence-electron chi connectivity index (χ1n) is 8.10. The lowest BCUT2D eigenvalue weighted by molar-refractivity contribution is 0.0970. The molecule has 6 heteroatoms. The average Bonchev–Trinajstić information content (AvgIpc) is 2.98. The number of rotatable bonds is 6. The van der Waals surface area contributed by atoms with Gasteiger partial charge in [-0.15, -0.1) is 0 Å². The van der Waals surface area contributed by atoms with Crippen molar-refractivity contribution < 1.29 is 9.18 Å². The third kappa shape index (κ3) is 3.69. The van der Waals surface area contributed by atoms with E-state index in [0.29, 0.717) is 12.1 Å². The van der Waals surface area contributed by atoms with Gasteiger partial charge in [0, 0.05) is 23.5 Å². The number of pyridine rings is 1. The van der Waals surface area contributed by atoms with Crippen LogP contribution in [0, 0.1) is 6.92 Å². The quantitative estimate of drug-likeness (QED) is 0.641. The molecular formula is C20H18FN3O2. The molecule has 1 aromatic carbocycles. The van der Waals surface area contributed by atoms with Crippen LogP contribution in [0.3, 0.4) is 0 Å². The van der Waals surface area contributed by atoms with Gasteiger partial charge in [0.15, 0.2) is 5.78 Å². The number of nitrogens with zero attached hydrogens (tertiary/aromatic N) is 3. The number of ketones is 1. The van der Waals surface area contributed by atoms with Gasteiger partial charge in [-0.1, -0.05) is 36.9 Å². The zero-order valence-corrected chi connectivity index (χ0v) is 14.4. The van der Waals surface area contributed by atoms with Gasteiger partial charge >= 0.3 is 0 Å². The molecule has 132 valence electrons. The molecule has 2 heterocycles. The molecule has 2 aromatic heterocycles. The lowest BCUT2D eigenvalue weighted by Crippen LogP contribution is -2.23. The molecule has 0 saturated carbocycles. The first-order valence-corrected chi connectivity index (χ1v) is 8.10. The number of hydrogen-bond donors (Lipinski definition) is 0. The standard InChI is InChI=1S/C20H18FN3O2/c1-14(21)17-8-9-20(26)23(12-17)13-19(25)18-10-22-24(15(18)2)11-16-6-4-3-5-7-16/h3-10,12H,1,11,13H2,2H3. The largest absolute Gasteiger partial charge is 0.307 e. The average molecular weight is 351 g/mol. The number of Topliss-reactive ketones (excluding diaryl/α,β-unsaturated/α-hetero) is 1. The van der Waals surface area contributed by atoms with Crippen molar-refractivity contribution in [3.05, 3.63) is 94.2 Å². The predicted octanol–water partition coefficient (Wildman–Crippen LogP) is 3.22. The Morgan fingerprint density at radius 3 is 2.62 bits per heavy atom. The molecule has 0 unspecified atom stereocenters. The number of hydrogen-bond acceptors (Lipinski definition) is 3. The third-order valence-corrected chi connectivity index (χ3v) is 4.19. The summed E-state index contributed by atoms with van der Waals surface area (Å²) in [6.07, 6.45) is 2.80. The van der Waals surface area contributed by atoms with E-state index in [2.05, 4.69) is 11.7 Å². The second-order valence-corrected chi connectivity index (χ2v) is 6.00. The summed E-state index contributed by atoms with van der Waals surface area (Å²) in [6.45, 7) is 5.39. The highest BCUT2D eigenvalue weighted by molar-refractivity contribution is 5.96. The fourth-order valence-electron chi connectivity index (χ4n) is 2.69. The van der Waals surface area contributed by atoms with E-state index in [1.54, 1.807) is 4.68 Å². The summed E-state index contributed by atoms with van der Waals surface area (Å²) < 4.78 is 16.2. The second kappa shape index (κ2) is 7.31. The van der Waals surface area contributed by atoms with Crippen molar-refractivity contribution in [3.63, 3.8) is 0 Å². The van der Waals surface area contributed by atoms with Crippen LogP contribution in [-0.4, -0.2) is 20.1 Å². The van der Waals surface area contributed by atoms with Gasteiger partial charge in [-0.3, -0.25) is 14.3 Å². The molecule has 0 amide bonds. The van der Waals surface area contributed by atoms with Crippen LogP contribution in [0.15, 0.2) is 66.2 Å². The monoisotopic (exact) mass is 351 g/mol. The molecule has 0 aliphatic heterocycles. The Kier molecular flexibility index (Phi) is 4.93. The van der Waals surface area contributed by atoms with Crippen LogP contribution in [0.25, 0.3) is 5.83 Å². The number of carbonyl (C=O) groups is 1. The van der Waals surface area contributed by atoms with Crippen molar-refractivity contribution in [1.82, 2.24) is 14.3 Å². The third-order valence-electron chi connectivity index (χ3n) is 4.19. The van der Waals surface area contributed by atoms with E-state index >= 15 is 0 Å². The van der Waals surface area contributed by atoms with Gasteiger partial charge in [0.25, 0.3) is 5.56 Å². The van der Waals surface area contributed by atoms with E-state index in [0.717, 1.165) is 11.3 Å². The Morgan fingerprint density at radius 2 is 1.92 bits per heavy atom. The topological polar surface area (TPSA) is 56.9 Å². The van der Waals surface area contributed by atoms with Gasteiger partial charge in [0.2, 0.25) is 0 Å². The van der Waals surface area contributed by atoms with Crippen LogP contribution in [0.5, 0.6) is 0 Å². The van der Waals surface area contributed by atoms with Crippen molar-refractivity contribution in [3.8, 4) is 0 Å².